The molecule has 2 aliphatic rings. The maximum Gasteiger partial charge on any atom is 0.212 e. The number of nitrogens with one attached hydrogen (secondary N) is 1. The molecule has 1 aromatic carbocycles. The first kappa shape index (κ1) is 19.3. The number of H-pyrrole nitrogens is 1. The van der Waals surface area contributed by atoms with Crippen LogP contribution in [-0.4, -0.2) is 49.2 Å². The van der Waals surface area contributed by atoms with Crippen molar-refractivity contribution in [1.82, 2.24) is 15.0 Å². The number of rotatable bonds is 7. The molecule has 158 valence electrons. The predicted molar refractivity (Wildman–Crippen MR) is 114 cm³/mol. The molecule has 1 saturated heterocycles. The van der Waals surface area contributed by atoms with Crippen molar-refractivity contribution in [2.45, 2.75) is 41.6 Å². The zero-order valence-electron chi connectivity index (χ0n) is 16.6. The topological polar surface area (TPSA) is 114 Å². The predicted octanol–water partition coefficient (Wildman–Crippen LogP) is 2.77. The molecule has 0 bridgehead atoms. The molecule has 1 aliphatic heterocycles. The maximum atomic E-state index is 13.3. The van der Waals surface area contributed by atoms with Gasteiger partial charge in [-0.3, -0.25) is 0 Å². The molecule has 2 aromatic heterocycles. The smallest absolute Gasteiger partial charge is 0.212 e. The van der Waals surface area contributed by atoms with Crippen LogP contribution in [0.4, 0.5) is 11.6 Å². The lowest BCUT2D eigenvalue weighted by Gasteiger charge is -2.26. The van der Waals surface area contributed by atoms with Crippen molar-refractivity contribution in [3.05, 3.63) is 36.7 Å². The molecular weight excluding hydrogens is 402 g/mol. The Morgan fingerprint density at radius 2 is 1.93 bits per heavy atom. The summed E-state index contributed by atoms with van der Waals surface area (Å²) in [5, 5.41) is 0. The zero-order valence-corrected chi connectivity index (χ0v) is 17.4. The summed E-state index contributed by atoms with van der Waals surface area (Å²) < 4.78 is 32.4. The number of benzene rings is 1. The Labute approximate surface area is 175 Å². The van der Waals surface area contributed by atoms with Crippen LogP contribution in [0.2, 0.25) is 0 Å². The Morgan fingerprint density at radius 1 is 1.13 bits per heavy atom. The average molecular weight is 428 g/mol. The number of nitrogens with two attached hydrogens (primary N) is 1. The molecule has 8 nitrogen and oxygen atoms in total. The SMILES string of the molecule is Nc1[nH]c2c(N(CC3CC3)CC3CCCO3)ncnc2c1S(=O)(=O)c1ccccc1. The third-order valence-electron chi connectivity index (χ3n) is 5.79. The molecular formula is C21H25N5O3S. The average Bonchev–Trinajstić information content (AvgIpc) is 3.27. The van der Waals surface area contributed by atoms with Crippen molar-refractivity contribution in [2.24, 2.45) is 5.92 Å². The largest absolute Gasteiger partial charge is 0.384 e. The van der Waals surface area contributed by atoms with Crippen molar-refractivity contribution in [2.75, 3.05) is 30.3 Å². The highest BCUT2D eigenvalue weighted by molar-refractivity contribution is 7.92. The number of nitrogens with zero attached hydrogens (tertiary/aromatic N) is 3. The second kappa shape index (κ2) is 7.55. The van der Waals surface area contributed by atoms with Crippen LogP contribution in [0, 0.1) is 5.92 Å². The molecule has 0 amide bonds. The molecule has 1 unspecified atom stereocenters. The second-order valence-electron chi connectivity index (χ2n) is 8.09. The van der Waals surface area contributed by atoms with Gasteiger partial charge in [0.2, 0.25) is 9.84 Å². The van der Waals surface area contributed by atoms with Crippen LogP contribution in [0.3, 0.4) is 0 Å². The van der Waals surface area contributed by atoms with E-state index in [2.05, 4.69) is 19.9 Å². The maximum absolute atomic E-state index is 13.3. The number of aromatic nitrogens is 3. The van der Waals surface area contributed by atoms with E-state index in [4.69, 9.17) is 10.5 Å². The number of anilines is 2. The minimum Gasteiger partial charge on any atom is -0.384 e. The van der Waals surface area contributed by atoms with E-state index < -0.39 is 9.84 Å². The fourth-order valence-electron chi connectivity index (χ4n) is 4.11. The highest BCUT2D eigenvalue weighted by atomic mass is 32.2. The third kappa shape index (κ3) is 3.52. The standard InChI is InChI=1S/C21H25N5O3S/c22-20-19(30(27,28)16-6-2-1-3-7-16)17-18(25-20)21(24-13-23-17)26(11-14-8-9-14)12-15-5-4-10-29-15/h1-3,6-7,13-15,25H,4-5,8-12,22H2. The lowest BCUT2D eigenvalue weighted by molar-refractivity contribution is 0.115. The van der Waals surface area contributed by atoms with Crippen LogP contribution >= 0.6 is 0 Å². The third-order valence-corrected chi connectivity index (χ3v) is 7.64. The van der Waals surface area contributed by atoms with Crippen molar-refractivity contribution in [3.8, 4) is 0 Å². The lowest BCUT2D eigenvalue weighted by Crippen LogP contribution is -2.34. The van der Waals surface area contributed by atoms with Crippen molar-refractivity contribution < 1.29 is 13.2 Å². The summed E-state index contributed by atoms with van der Waals surface area (Å²) >= 11 is 0. The highest BCUT2D eigenvalue weighted by Gasteiger charge is 2.32. The molecule has 1 saturated carbocycles. The van der Waals surface area contributed by atoms with Crippen molar-refractivity contribution >= 4 is 32.5 Å². The van der Waals surface area contributed by atoms with Gasteiger partial charge in [0.15, 0.2) is 5.82 Å². The lowest BCUT2D eigenvalue weighted by atomic mass is 10.2. The van der Waals surface area contributed by atoms with Crippen molar-refractivity contribution in [3.63, 3.8) is 0 Å². The van der Waals surface area contributed by atoms with Gasteiger partial charge in [-0.1, -0.05) is 18.2 Å². The Morgan fingerprint density at radius 3 is 2.63 bits per heavy atom. The van der Waals surface area contributed by atoms with Crippen LogP contribution in [0.25, 0.3) is 11.0 Å². The first-order valence-electron chi connectivity index (χ1n) is 10.3. The van der Waals surface area contributed by atoms with E-state index in [0.717, 1.165) is 32.5 Å². The molecule has 1 atom stereocenters. The van der Waals surface area contributed by atoms with E-state index in [1.54, 1.807) is 30.3 Å². The highest BCUT2D eigenvalue weighted by Crippen LogP contribution is 2.37. The number of aromatic amines is 1. The second-order valence-corrected chi connectivity index (χ2v) is 9.98. The number of sulfone groups is 1. The summed E-state index contributed by atoms with van der Waals surface area (Å²) in [5.41, 5.74) is 7.06. The molecule has 30 heavy (non-hydrogen) atoms. The Bertz CT molecular complexity index is 1150. The molecule has 9 heteroatoms. The fraction of sp³-hybridized carbons (Fsp3) is 0.429. The van der Waals surface area contributed by atoms with Gasteiger partial charge in [0.25, 0.3) is 0 Å². The first-order chi connectivity index (χ1) is 14.5. The molecule has 1 aliphatic carbocycles. The summed E-state index contributed by atoms with van der Waals surface area (Å²) in [6, 6.07) is 8.28. The summed E-state index contributed by atoms with van der Waals surface area (Å²) in [7, 11) is -3.82. The van der Waals surface area contributed by atoms with Gasteiger partial charge >= 0.3 is 0 Å². The van der Waals surface area contributed by atoms with Gasteiger partial charge in [0, 0.05) is 19.7 Å². The minimum atomic E-state index is -3.82. The number of hydrogen-bond acceptors (Lipinski definition) is 7. The summed E-state index contributed by atoms with van der Waals surface area (Å²) in [6.07, 6.45) is 6.08. The van der Waals surface area contributed by atoms with Crippen LogP contribution < -0.4 is 10.6 Å². The zero-order chi connectivity index (χ0) is 20.7. The van der Waals surface area contributed by atoms with Crippen LogP contribution in [-0.2, 0) is 14.6 Å². The quantitative estimate of drug-likeness (QED) is 0.596. The molecule has 5 rings (SSSR count). The van der Waals surface area contributed by atoms with Gasteiger partial charge in [-0.2, -0.15) is 0 Å². The van der Waals surface area contributed by atoms with Gasteiger partial charge < -0.3 is 20.4 Å². The molecule has 2 fully saturated rings. The Balaban J connectivity index is 1.59. The molecule has 0 radical (unpaired) electrons. The summed E-state index contributed by atoms with van der Waals surface area (Å²) in [5.74, 6) is 1.40. The summed E-state index contributed by atoms with van der Waals surface area (Å²) in [4.78, 5) is 14.3. The van der Waals surface area contributed by atoms with Gasteiger partial charge in [-0.15, -0.1) is 0 Å². The van der Waals surface area contributed by atoms with E-state index in [0.29, 0.717) is 22.8 Å². The molecule has 0 spiro atoms. The van der Waals surface area contributed by atoms with Gasteiger partial charge in [0.05, 0.1) is 11.0 Å². The van der Waals surface area contributed by atoms with E-state index in [1.165, 1.54) is 19.2 Å². The number of nitrogen functional groups attached to an aromatic ring is 1. The molecule has 3 heterocycles. The van der Waals surface area contributed by atoms with Crippen molar-refractivity contribution in [1.29, 1.82) is 0 Å². The van der Waals surface area contributed by atoms with Gasteiger partial charge in [-0.05, 0) is 43.7 Å². The summed E-state index contributed by atoms with van der Waals surface area (Å²) in [6.45, 7) is 2.38. The van der Waals surface area contributed by atoms with Crippen LogP contribution in [0.1, 0.15) is 25.7 Å². The van der Waals surface area contributed by atoms with E-state index in [9.17, 15) is 8.42 Å². The number of fused-ring (bicyclic) bond motifs is 1. The van der Waals surface area contributed by atoms with E-state index in [1.807, 2.05) is 0 Å². The van der Waals surface area contributed by atoms with Gasteiger partial charge in [-0.25, -0.2) is 18.4 Å². The van der Waals surface area contributed by atoms with Crippen LogP contribution in [0.15, 0.2) is 46.5 Å². The van der Waals surface area contributed by atoms with E-state index in [-0.39, 0.29) is 21.7 Å². The number of hydrogen-bond donors (Lipinski definition) is 2. The first-order valence-corrected chi connectivity index (χ1v) is 11.8. The monoisotopic (exact) mass is 427 g/mol. The van der Waals surface area contributed by atoms with E-state index >= 15 is 0 Å². The Kier molecular flexibility index (Phi) is 4.86. The normalized spacial score (nSPS) is 19.4. The molecule has 3 N–H and O–H groups in total. The minimum absolute atomic E-state index is 0.0100. The van der Waals surface area contributed by atoms with Crippen LogP contribution in [0.5, 0.6) is 0 Å². The Hall–Kier alpha value is -2.65. The number of ether oxygens (including phenoxy) is 1. The van der Waals surface area contributed by atoms with Gasteiger partial charge in [0.1, 0.15) is 28.1 Å². The molecule has 3 aromatic rings. The fourth-order valence-corrected chi connectivity index (χ4v) is 5.61.